The molecule has 2 aliphatic rings. The van der Waals surface area contributed by atoms with Crippen molar-refractivity contribution in [1.82, 2.24) is 9.88 Å². The number of aliphatic hydroxyl groups is 1. The molecule has 1 aromatic heterocycles. The highest BCUT2D eigenvalue weighted by atomic mass is 16.5. The first-order valence-corrected chi connectivity index (χ1v) is 12.9. The number of carboxylic acid groups (broad SMARTS) is 1. The van der Waals surface area contributed by atoms with Crippen molar-refractivity contribution in [3.8, 4) is 28.3 Å². The fourth-order valence-electron chi connectivity index (χ4n) is 5.73. The second kappa shape index (κ2) is 9.76. The van der Waals surface area contributed by atoms with Crippen LogP contribution in [-0.4, -0.2) is 57.4 Å². The number of pyridine rings is 1. The second-order valence-electron chi connectivity index (χ2n) is 10.9. The normalized spacial score (nSPS) is 16.3. The van der Waals surface area contributed by atoms with Crippen LogP contribution in [0.5, 0.6) is 5.88 Å². The van der Waals surface area contributed by atoms with Crippen LogP contribution in [0.25, 0.3) is 22.4 Å². The van der Waals surface area contributed by atoms with Gasteiger partial charge >= 0.3 is 6.09 Å². The number of aliphatic hydroxyl groups excluding tert-OH is 1. The van der Waals surface area contributed by atoms with E-state index in [0.717, 1.165) is 41.5 Å². The molecule has 5 rings (SSSR count). The van der Waals surface area contributed by atoms with Crippen molar-refractivity contribution in [3.05, 3.63) is 66.2 Å². The van der Waals surface area contributed by atoms with Crippen LogP contribution in [0.3, 0.4) is 0 Å². The third kappa shape index (κ3) is 4.39. The minimum Gasteiger partial charge on any atom is -0.466 e. The zero-order chi connectivity index (χ0) is 27.1. The second-order valence-corrected chi connectivity index (χ2v) is 10.9. The molecule has 2 aromatic carbocycles. The Morgan fingerprint density at radius 2 is 1.76 bits per heavy atom. The molecule has 0 bridgehead atoms. The van der Waals surface area contributed by atoms with Gasteiger partial charge in [-0.3, -0.25) is 9.69 Å². The number of aromatic nitrogens is 1. The monoisotopic (exact) mass is 515 g/mol. The Hall–Kier alpha value is -3.91. The van der Waals surface area contributed by atoms with E-state index in [9.17, 15) is 19.8 Å². The average Bonchev–Trinajstić information content (AvgIpc) is 2.87. The van der Waals surface area contributed by atoms with Crippen molar-refractivity contribution in [2.75, 3.05) is 24.7 Å². The number of ether oxygens (including phenoxy) is 1. The Labute approximate surface area is 222 Å². The van der Waals surface area contributed by atoms with Crippen LogP contribution < -0.4 is 9.64 Å². The topological polar surface area (TPSA) is 103 Å². The largest absolute Gasteiger partial charge is 0.466 e. The molecule has 38 heavy (non-hydrogen) atoms. The summed E-state index contributed by atoms with van der Waals surface area (Å²) in [6, 6.07) is 19.7. The van der Waals surface area contributed by atoms with Gasteiger partial charge in [-0.15, -0.1) is 0 Å². The summed E-state index contributed by atoms with van der Waals surface area (Å²) in [4.78, 5) is 32.8. The summed E-state index contributed by atoms with van der Waals surface area (Å²) in [6.07, 6.45) is 1.63. The fourth-order valence-corrected chi connectivity index (χ4v) is 5.73. The maximum absolute atomic E-state index is 12.5. The van der Waals surface area contributed by atoms with Crippen molar-refractivity contribution >= 4 is 17.7 Å². The lowest BCUT2D eigenvalue weighted by atomic mass is 9.69. The van der Waals surface area contributed by atoms with Crippen LogP contribution in [0, 0.1) is 0 Å². The first-order chi connectivity index (χ1) is 18.2. The SMILES string of the molecule is CC(C)(C)N(C(=O)O)C1(c2ccc(-c3nc4c(cc3-c3ccccc3)N(CCO)C(=O)CO4)cc2)CCC1. The van der Waals surface area contributed by atoms with Gasteiger partial charge in [0.1, 0.15) is 5.69 Å². The molecule has 1 aliphatic carbocycles. The van der Waals surface area contributed by atoms with E-state index >= 15 is 0 Å². The smallest absolute Gasteiger partial charge is 0.408 e. The molecule has 3 aromatic rings. The third-order valence-electron chi connectivity index (χ3n) is 7.47. The molecule has 1 saturated carbocycles. The number of anilines is 1. The summed E-state index contributed by atoms with van der Waals surface area (Å²) < 4.78 is 5.71. The standard InChI is InChI=1S/C30H33N3O5/c1-29(2,3)33(28(36)37)30(14-7-15-30)22-12-10-21(11-13-22)26-23(20-8-5-4-6-9-20)18-24-27(31-26)38-19-25(35)32(24)16-17-34/h4-6,8-13,18,34H,7,14-17,19H2,1-3H3,(H,36,37). The maximum Gasteiger partial charge on any atom is 0.408 e. The highest BCUT2D eigenvalue weighted by Crippen LogP contribution is 2.50. The lowest BCUT2D eigenvalue weighted by Crippen LogP contribution is -2.60. The Balaban J connectivity index is 1.61. The number of hydrogen-bond acceptors (Lipinski definition) is 5. The van der Waals surface area contributed by atoms with Gasteiger partial charge in [0.15, 0.2) is 6.61 Å². The summed E-state index contributed by atoms with van der Waals surface area (Å²) in [7, 11) is 0. The van der Waals surface area contributed by atoms with Gasteiger partial charge in [-0.1, -0.05) is 54.6 Å². The molecule has 2 amide bonds. The lowest BCUT2D eigenvalue weighted by molar-refractivity contribution is -0.121. The Morgan fingerprint density at radius 1 is 1.08 bits per heavy atom. The number of fused-ring (bicyclic) bond motifs is 1. The summed E-state index contributed by atoms with van der Waals surface area (Å²) in [5, 5.41) is 19.6. The van der Waals surface area contributed by atoms with E-state index in [1.165, 1.54) is 4.90 Å². The molecule has 2 heterocycles. The molecule has 0 unspecified atom stereocenters. The first kappa shape index (κ1) is 25.7. The van der Waals surface area contributed by atoms with Crippen molar-refractivity contribution in [1.29, 1.82) is 0 Å². The van der Waals surface area contributed by atoms with Gasteiger partial charge in [0.05, 0.1) is 17.8 Å². The Morgan fingerprint density at radius 3 is 2.32 bits per heavy atom. The number of amides is 2. The van der Waals surface area contributed by atoms with Gasteiger partial charge in [0.25, 0.3) is 5.91 Å². The van der Waals surface area contributed by atoms with Crippen molar-refractivity contribution < 1.29 is 24.5 Å². The van der Waals surface area contributed by atoms with Gasteiger partial charge in [-0.05, 0) is 57.2 Å². The molecule has 2 N–H and O–H groups in total. The zero-order valence-electron chi connectivity index (χ0n) is 22.0. The van der Waals surface area contributed by atoms with Crippen molar-refractivity contribution in [3.63, 3.8) is 0 Å². The van der Waals surface area contributed by atoms with E-state index in [2.05, 4.69) is 0 Å². The van der Waals surface area contributed by atoms with Crippen LogP contribution in [0.4, 0.5) is 10.5 Å². The first-order valence-electron chi connectivity index (χ1n) is 12.9. The van der Waals surface area contributed by atoms with E-state index in [1.807, 2.05) is 81.4 Å². The van der Waals surface area contributed by atoms with Crippen LogP contribution >= 0.6 is 0 Å². The molecule has 0 saturated heterocycles. The minimum absolute atomic E-state index is 0.136. The molecule has 8 heteroatoms. The van der Waals surface area contributed by atoms with E-state index in [4.69, 9.17) is 9.72 Å². The van der Waals surface area contributed by atoms with Crippen LogP contribution in [0.1, 0.15) is 45.6 Å². The highest BCUT2D eigenvalue weighted by Gasteiger charge is 2.50. The molecule has 1 aliphatic heterocycles. The molecule has 0 atom stereocenters. The number of carbonyl (C=O) groups is 2. The highest BCUT2D eigenvalue weighted by molar-refractivity contribution is 5.99. The van der Waals surface area contributed by atoms with Gasteiger partial charge in [0.2, 0.25) is 5.88 Å². The van der Waals surface area contributed by atoms with Crippen LogP contribution in [-0.2, 0) is 10.3 Å². The lowest BCUT2D eigenvalue weighted by Gasteiger charge is -2.54. The molecule has 1 fully saturated rings. The summed E-state index contributed by atoms with van der Waals surface area (Å²) in [6.45, 7) is 5.66. The predicted molar refractivity (Wildman–Crippen MR) is 145 cm³/mol. The van der Waals surface area contributed by atoms with Crippen molar-refractivity contribution in [2.45, 2.75) is 51.1 Å². The number of hydrogen-bond donors (Lipinski definition) is 2. The number of carbonyl (C=O) groups excluding carboxylic acids is 1. The quantitative estimate of drug-likeness (QED) is 0.462. The summed E-state index contributed by atoms with van der Waals surface area (Å²) in [5.41, 5.74) is 3.74. The van der Waals surface area contributed by atoms with E-state index in [0.29, 0.717) is 17.3 Å². The zero-order valence-corrected chi connectivity index (χ0v) is 22.0. The van der Waals surface area contributed by atoms with Gasteiger partial charge in [0, 0.05) is 23.2 Å². The summed E-state index contributed by atoms with van der Waals surface area (Å²) in [5.74, 6) is 0.120. The van der Waals surface area contributed by atoms with E-state index < -0.39 is 17.2 Å². The number of nitrogens with zero attached hydrogens (tertiary/aromatic N) is 3. The number of benzene rings is 2. The molecule has 198 valence electrons. The average molecular weight is 516 g/mol. The molecular weight excluding hydrogens is 482 g/mol. The van der Waals surface area contributed by atoms with Gasteiger partial charge in [-0.25, -0.2) is 9.78 Å². The number of β-amino-alcohol motifs (C(OH)–C–C–N with tert-alkyl or cyclic N) is 1. The molecule has 8 nitrogen and oxygen atoms in total. The van der Waals surface area contributed by atoms with Crippen molar-refractivity contribution in [2.24, 2.45) is 0 Å². The maximum atomic E-state index is 12.5. The molecular formula is C30H33N3O5. The Kier molecular flexibility index (Phi) is 6.61. The third-order valence-corrected chi connectivity index (χ3v) is 7.47. The van der Waals surface area contributed by atoms with Gasteiger partial charge in [-0.2, -0.15) is 0 Å². The van der Waals surface area contributed by atoms with E-state index in [-0.39, 0.29) is 25.7 Å². The van der Waals surface area contributed by atoms with Crippen LogP contribution in [0.2, 0.25) is 0 Å². The van der Waals surface area contributed by atoms with Crippen LogP contribution in [0.15, 0.2) is 60.7 Å². The van der Waals surface area contributed by atoms with Gasteiger partial charge < -0.3 is 19.8 Å². The molecule has 0 radical (unpaired) electrons. The molecule has 0 spiro atoms. The Bertz CT molecular complexity index is 1340. The van der Waals surface area contributed by atoms with E-state index in [1.54, 1.807) is 4.90 Å². The minimum atomic E-state index is -0.914. The fraction of sp³-hybridized carbons (Fsp3) is 0.367. The summed E-state index contributed by atoms with van der Waals surface area (Å²) >= 11 is 0. The predicted octanol–water partition coefficient (Wildman–Crippen LogP) is 5.29. The number of rotatable bonds is 6.